The predicted molar refractivity (Wildman–Crippen MR) is 37.0 cm³/mol. The molecule has 2 nitrogen and oxygen atoms in total. The summed E-state index contributed by atoms with van der Waals surface area (Å²) in [4.78, 5) is 0. The van der Waals surface area contributed by atoms with Gasteiger partial charge >= 0.3 is 0 Å². The van der Waals surface area contributed by atoms with Gasteiger partial charge in [-0.25, -0.2) is 0 Å². The molecule has 0 amide bonds. The van der Waals surface area contributed by atoms with Crippen molar-refractivity contribution in [3.63, 3.8) is 0 Å². The molecule has 0 bridgehead atoms. The summed E-state index contributed by atoms with van der Waals surface area (Å²) in [5.41, 5.74) is 5.69. The van der Waals surface area contributed by atoms with Gasteiger partial charge in [-0.05, 0) is 25.2 Å². The van der Waals surface area contributed by atoms with Crippen molar-refractivity contribution in [1.82, 2.24) is 0 Å². The Hall–Kier alpha value is -0.0800. The highest BCUT2D eigenvalue weighted by molar-refractivity contribution is 4.73. The topological polar surface area (TPSA) is 46.2 Å². The lowest BCUT2D eigenvalue weighted by atomic mass is 9.87. The van der Waals surface area contributed by atoms with Crippen LogP contribution in [0.5, 0.6) is 0 Å². The van der Waals surface area contributed by atoms with E-state index in [1.54, 1.807) is 0 Å². The van der Waals surface area contributed by atoms with Crippen LogP contribution in [-0.4, -0.2) is 17.8 Å². The molecule has 0 aromatic heterocycles. The minimum Gasteiger partial charge on any atom is -0.396 e. The lowest BCUT2D eigenvalue weighted by Gasteiger charge is -2.24. The minimum absolute atomic E-state index is 0.327. The van der Waals surface area contributed by atoms with Gasteiger partial charge in [0.2, 0.25) is 0 Å². The standard InChI is InChI=1S/C7H15NO/c8-7-3-1-2-6(4-7)5-9/h6-7,9H,1-5,8H2/t6-,7?/m0/s1. The molecule has 9 heavy (non-hydrogen) atoms. The molecule has 3 N–H and O–H groups in total. The minimum atomic E-state index is 0.327. The van der Waals surface area contributed by atoms with Crippen molar-refractivity contribution < 1.29 is 5.11 Å². The first kappa shape index (κ1) is 7.03. The van der Waals surface area contributed by atoms with Crippen LogP contribution in [0, 0.1) is 5.92 Å². The molecule has 0 aromatic carbocycles. The van der Waals surface area contributed by atoms with E-state index in [1.165, 1.54) is 12.8 Å². The molecule has 2 atom stereocenters. The van der Waals surface area contributed by atoms with Crippen LogP contribution >= 0.6 is 0 Å². The summed E-state index contributed by atoms with van der Waals surface area (Å²) in [6.07, 6.45) is 4.55. The number of aliphatic hydroxyl groups excluding tert-OH is 1. The van der Waals surface area contributed by atoms with Gasteiger partial charge in [0.25, 0.3) is 0 Å². The maximum Gasteiger partial charge on any atom is 0.0459 e. The molecule has 54 valence electrons. The van der Waals surface area contributed by atoms with Gasteiger partial charge < -0.3 is 10.8 Å². The first-order valence-corrected chi connectivity index (χ1v) is 3.69. The zero-order valence-corrected chi connectivity index (χ0v) is 5.71. The summed E-state index contributed by atoms with van der Waals surface area (Å²) in [5, 5.41) is 8.75. The van der Waals surface area contributed by atoms with Crippen LogP contribution < -0.4 is 5.73 Å². The van der Waals surface area contributed by atoms with Gasteiger partial charge in [-0.15, -0.1) is 0 Å². The Morgan fingerprint density at radius 3 is 2.67 bits per heavy atom. The molecule has 0 radical (unpaired) electrons. The number of hydrogen-bond acceptors (Lipinski definition) is 2. The Morgan fingerprint density at radius 2 is 2.22 bits per heavy atom. The molecule has 0 spiro atoms. The van der Waals surface area contributed by atoms with Crippen molar-refractivity contribution >= 4 is 0 Å². The molecule has 2 heteroatoms. The largest absolute Gasteiger partial charge is 0.396 e. The Kier molecular flexibility index (Phi) is 2.49. The van der Waals surface area contributed by atoms with E-state index < -0.39 is 0 Å². The Labute approximate surface area is 56.1 Å². The van der Waals surface area contributed by atoms with Gasteiger partial charge in [0.15, 0.2) is 0 Å². The zero-order chi connectivity index (χ0) is 6.69. The van der Waals surface area contributed by atoms with E-state index in [0.29, 0.717) is 18.6 Å². The zero-order valence-electron chi connectivity index (χ0n) is 5.71. The van der Waals surface area contributed by atoms with E-state index in [2.05, 4.69) is 0 Å². The van der Waals surface area contributed by atoms with Crippen LogP contribution in [0.15, 0.2) is 0 Å². The van der Waals surface area contributed by atoms with E-state index >= 15 is 0 Å². The third-order valence-corrected chi connectivity index (χ3v) is 2.08. The maximum atomic E-state index is 8.75. The Morgan fingerprint density at radius 1 is 1.44 bits per heavy atom. The average molecular weight is 129 g/mol. The molecule has 1 rings (SSSR count). The smallest absolute Gasteiger partial charge is 0.0459 e. The van der Waals surface area contributed by atoms with Crippen molar-refractivity contribution in [1.29, 1.82) is 0 Å². The number of nitrogens with two attached hydrogens (primary N) is 1. The van der Waals surface area contributed by atoms with E-state index in [0.717, 1.165) is 12.8 Å². The third-order valence-electron chi connectivity index (χ3n) is 2.08. The van der Waals surface area contributed by atoms with Gasteiger partial charge in [-0.3, -0.25) is 0 Å². The van der Waals surface area contributed by atoms with Crippen LogP contribution in [0.1, 0.15) is 25.7 Å². The first-order chi connectivity index (χ1) is 4.33. The van der Waals surface area contributed by atoms with E-state index in [9.17, 15) is 0 Å². The molecule has 1 saturated carbocycles. The molecule has 1 aliphatic carbocycles. The van der Waals surface area contributed by atoms with Crippen molar-refractivity contribution in [2.45, 2.75) is 31.7 Å². The fraction of sp³-hybridized carbons (Fsp3) is 1.00. The van der Waals surface area contributed by atoms with Crippen molar-refractivity contribution in [2.75, 3.05) is 6.61 Å². The number of aliphatic hydroxyl groups is 1. The van der Waals surface area contributed by atoms with Crippen LogP contribution in [0.3, 0.4) is 0 Å². The lowest BCUT2D eigenvalue weighted by molar-refractivity contribution is 0.180. The average Bonchev–Trinajstić information content (AvgIpc) is 1.88. The SMILES string of the molecule is NC1CCC[C@H](CO)C1. The van der Waals surface area contributed by atoms with Crippen molar-refractivity contribution in [3.05, 3.63) is 0 Å². The summed E-state index contributed by atoms with van der Waals surface area (Å²) in [7, 11) is 0. The summed E-state index contributed by atoms with van der Waals surface area (Å²) >= 11 is 0. The van der Waals surface area contributed by atoms with Crippen LogP contribution in [0.4, 0.5) is 0 Å². The van der Waals surface area contributed by atoms with Gasteiger partial charge in [0, 0.05) is 12.6 Å². The molecule has 0 aromatic rings. The van der Waals surface area contributed by atoms with E-state index in [1.807, 2.05) is 0 Å². The molecule has 1 aliphatic rings. The summed E-state index contributed by atoms with van der Waals surface area (Å²) in [6.45, 7) is 0.327. The second kappa shape index (κ2) is 3.18. The van der Waals surface area contributed by atoms with E-state index in [4.69, 9.17) is 10.8 Å². The Bertz CT molecular complexity index is 85.0. The lowest BCUT2D eigenvalue weighted by Crippen LogP contribution is -2.29. The van der Waals surface area contributed by atoms with Crippen LogP contribution in [0.25, 0.3) is 0 Å². The van der Waals surface area contributed by atoms with E-state index in [-0.39, 0.29) is 0 Å². The second-order valence-electron chi connectivity index (χ2n) is 2.98. The Balaban J connectivity index is 2.23. The summed E-state index contributed by atoms with van der Waals surface area (Å²) in [6, 6.07) is 0.357. The summed E-state index contributed by atoms with van der Waals surface area (Å²) in [5.74, 6) is 0.494. The molecule has 1 fully saturated rings. The quantitative estimate of drug-likeness (QED) is 0.541. The third kappa shape index (κ3) is 1.95. The number of rotatable bonds is 1. The van der Waals surface area contributed by atoms with Crippen molar-refractivity contribution in [3.8, 4) is 0 Å². The maximum absolute atomic E-state index is 8.75. The van der Waals surface area contributed by atoms with Gasteiger partial charge in [0.05, 0.1) is 0 Å². The highest BCUT2D eigenvalue weighted by Crippen LogP contribution is 2.21. The molecule has 0 saturated heterocycles. The fourth-order valence-corrected chi connectivity index (χ4v) is 1.50. The fourth-order valence-electron chi connectivity index (χ4n) is 1.50. The normalized spacial score (nSPS) is 36.7. The first-order valence-electron chi connectivity index (χ1n) is 3.69. The second-order valence-corrected chi connectivity index (χ2v) is 2.98. The molecule has 0 aliphatic heterocycles. The molecular formula is C7H15NO. The highest BCUT2D eigenvalue weighted by atomic mass is 16.3. The van der Waals surface area contributed by atoms with Crippen LogP contribution in [0.2, 0.25) is 0 Å². The van der Waals surface area contributed by atoms with Gasteiger partial charge in [-0.1, -0.05) is 6.42 Å². The highest BCUT2D eigenvalue weighted by Gasteiger charge is 2.17. The monoisotopic (exact) mass is 129 g/mol. The number of hydrogen-bond donors (Lipinski definition) is 2. The predicted octanol–water partition coefficient (Wildman–Crippen LogP) is 0.496. The van der Waals surface area contributed by atoms with Gasteiger partial charge in [-0.2, -0.15) is 0 Å². The van der Waals surface area contributed by atoms with Gasteiger partial charge in [0.1, 0.15) is 0 Å². The summed E-state index contributed by atoms with van der Waals surface area (Å²) < 4.78 is 0. The molecular weight excluding hydrogens is 114 g/mol. The molecule has 1 unspecified atom stereocenters. The molecule has 0 heterocycles. The van der Waals surface area contributed by atoms with Crippen LogP contribution in [-0.2, 0) is 0 Å². The van der Waals surface area contributed by atoms with Crippen molar-refractivity contribution in [2.24, 2.45) is 11.7 Å².